The summed E-state index contributed by atoms with van der Waals surface area (Å²) in [5, 5.41) is 1.77. The second-order valence-electron chi connectivity index (χ2n) is 5.79. The van der Waals surface area contributed by atoms with Gasteiger partial charge in [0.25, 0.3) is 0 Å². The zero-order chi connectivity index (χ0) is 15.6. The first-order chi connectivity index (χ1) is 9.76. The number of hydrogen-bond donors (Lipinski definition) is 0. The molecule has 0 aliphatic heterocycles. The molecule has 21 heavy (non-hydrogen) atoms. The van der Waals surface area contributed by atoms with Gasteiger partial charge in [-0.15, -0.1) is 0 Å². The fraction of sp³-hybridized carbons (Fsp3) is 0.294. The van der Waals surface area contributed by atoms with E-state index in [1.165, 1.54) is 6.92 Å². The molecule has 4 heteroatoms. The van der Waals surface area contributed by atoms with Gasteiger partial charge < -0.3 is 9.47 Å². The maximum absolute atomic E-state index is 12.3. The topological polar surface area (TPSA) is 52.6 Å². The van der Waals surface area contributed by atoms with E-state index in [1.807, 2.05) is 24.3 Å². The van der Waals surface area contributed by atoms with Crippen molar-refractivity contribution in [3.63, 3.8) is 0 Å². The lowest BCUT2D eigenvalue weighted by Crippen LogP contribution is -2.24. The van der Waals surface area contributed by atoms with E-state index < -0.39 is 17.5 Å². The summed E-state index contributed by atoms with van der Waals surface area (Å²) in [6.07, 6.45) is 0. The molecule has 0 saturated heterocycles. The quantitative estimate of drug-likeness (QED) is 0.623. The van der Waals surface area contributed by atoms with Gasteiger partial charge >= 0.3 is 11.9 Å². The van der Waals surface area contributed by atoms with Crippen molar-refractivity contribution in [3.05, 3.63) is 42.0 Å². The maximum atomic E-state index is 12.3. The molecule has 0 amide bonds. The molecule has 0 bridgehead atoms. The molecular formula is C17H18O4. The number of hydrogen-bond acceptors (Lipinski definition) is 4. The number of carbonyl (C=O) groups is 2. The summed E-state index contributed by atoms with van der Waals surface area (Å²) in [7, 11) is 0. The first-order valence-electron chi connectivity index (χ1n) is 6.71. The van der Waals surface area contributed by atoms with Crippen molar-refractivity contribution in [2.75, 3.05) is 0 Å². The van der Waals surface area contributed by atoms with Crippen LogP contribution in [0.25, 0.3) is 10.8 Å². The van der Waals surface area contributed by atoms with Crippen LogP contribution in [0.2, 0.25) is 0 Å². The third-order valence-electron chi connectivity index (χ3n) is 2.72. The lowest BCUT2D eigenvalue weighted by Gasteiger charge is -2.20. The lowest BCUT2D eigenvalue weighted by molar-refractivity contribution is -0.131. The fourth-order valence-corrected chi connectivity index (χ4v) is 1.95. The number of fused-ring (bicyclic) bond motifs is 1. The highest BCUT2D eigenvalue weighted by molar-refractivity contribution is 5.99. The average Bonchev–Trinajstić information content (AvgIpc) is 2.35. The van der Waals surface area contributed by atoms with Gasteiger partial charge in [-0.2, -0.15) is 0 Å². The van der Waals surface area contributed by atoms with Gasteiger partial charge in [0.15, 0.2) is 0 Å². The Labute approximate surface area is 123 Å². The van der Waals surface area contributed by atoms with Crippen LogP contribution in [0.1, 0.15) is 38.1 Å². The van der Waals surface area contributed by atoms with Crippen LogP contribution in [0.3, 0.4) is 0 Å². The summed E-state index contributed by atoms with van der Waals surface area (Å²) in [6, 6.07) is 10.9. The molecule has 4 nitrogen and oxygen atoms in total. The molecule has 2 aromatic carbocycles. The molecule has 110 valence electrons. The van der Waals surface area contributed by atoms with Gasteiger partial charge in [-0.1, -0.05) is 24.3 Å². The summed E-state index contributed by atoms with van der Waals surface area (Å²) in [6.45, 7) is 6.67. The van der Waals surface area contributed by atoms with Crippen LogP contribution < -0.4 is 4.74 Å². The Morgan fingerprint density at radius 2 is 1.57 bits per heavy atom. The van der Waals surface area contributed by atoms with Crippen molar-refractivity contribution in [2.45, 2.75) is 33.3 Å². The van der Waals surface area contributed by atoms with Crippen LogP contribution in [-0.2, 0) is 9.53 Å². The zero-order valence-electron chi connectivity index (χ0n) is 12.6. The van der Waals surface area contributed by atoms with Gasteiger partial charge in [0, 0.05) is 6.92 Å². The van der Waals surface area contributed by atoms with Crippen molar-refractivity contribution in [1.29, 1.82) is 0 Å². The number of carbonyl (C=O) groups excluding carboxylic acids is 2. The molecule has 0 aliphatic rings. The predicted molar refractivity (Wildman–Crippen MR) is 80.4 cm³/mol. The Hall–Kier alpha value is -2.36. The van der Waals surface area contributed by atoms with Crippen LogP contribution in [-0.4, -0.2) is 17.5 Å². The Morgan fingerprint density at radius 3 is 2.10 bits per heavy atom. The number of esters is 2. The Morgan fingerprint density at radius 1 is 1.00 bits per heavy atom. The van der Waals surface area contributed by atoms with Crippen molar-refractivity contribution < 1.29 is 19.1 Å². The first kappa shape index (κ1) is 15.0. The molecule has 2 rings (SSSR count). The first-order valence-corrected chi connectivity index (χ1v) is 6.71. The molecule has 0 spiro atoms. The summed E-state index contributed by atoms with van der Waals surface area (Å²) in [4.78, 5) is 23.5. The van der Waals surface area contributed by atoms with Crippen molar-refractivity contribution >= 4 is 22.7 Å². The SMILES string of the molecule is CC(=O)Oc1cc2ccccc2cc1C(=O)OC(C)(C)C. The van der Waals surface area contributed by atoms with E-state index in [1.54, 1.807) is 32.9 Å². The molecule has 0 fully saturated rings. The Balaban J connectivity index is 2.52. The second kappa shape index (κ2) is 5.56. The fourth-order valence-electron chi connectivity index (χ4n) is 1.95. The highest BCUT2D eigenvalue weighted by Gasteiger charge is 2.22. The predicted octanol–water partition coefficient (Wildman–Crippen LogP) is 3.72. The monoisotopic (exact) mass is 286 g/mol. The maximum Gasteiger partial charge on any atom is 0.342 e. The summed E-state index contributed by atoms with van der Waals surface area (Å²) >= 11 is 0. The summed E-state index contributed by atoms with van der Waals surface area (Å²) in [5.74, 6) is -0.768. The molecule has 0 radical (unpaired) electrons. The average molecular weight is 286 g/mol. The van der Waals surface area contributed by atoms with E-state index >= 15 is 0 Å². The lowest BCUT2D eigenvalue weighted by atomic mass is 10.1. The van der Waals surface area contributed by atoms with E-state index in [0.717, 1.165) is 10.8 Å². The smallest absolute Gasteiger partial charge is 0.342 e. The van der Waals surface area contributed by atoms with Gasteiger partial charge in [-0.25, -0.2) is 4.79 Å². The standard InChI is InChI=1S/C17H18O4/c1-11(18)20-15-10-13-8-6-5-7-12(13)9-14(15)16(19)21-17(2,3)4/h5-10H,1-4H3. The minimum Gasteiger partial charge on any atom is -0.456 e. The third kappa shape index (κ3) is 3.81. The van der Waals surface area contributed by atoms with Crippen LogP contribution in [0.4, 0.5) is 0 Å². The molecule has 0 heterocycles. The minimum atomic E-state index is -0.615. The third-order valence-corrected chi connectivity index (χ3v) is 2.72. The van der Waals surface area contributed by atoms with Crippen LogP contribution in [0.15, 0.2) is 36.4 Å². The van der Waals surface area contributed by atoms with Gasteiger partial charge in [-0.3, -0.25) is 4.79 Å². The number of benzene rings is 2. The Kier molecular flexibility index (Phi) is 3.98. The van der Waals surface area contributed by atoms with Gasteiger partial charge in [0.2, 0.25) is 0 Å². The van der Waals surface area contributed by atoms with Crippen molar-refractivity contribution in [3.8, 4) is 5.75 Å². The van der Waals surface area contributed by atoms with Gasteiger partial charge in [0.05, 0.1) is 0 Å². The van der Waals surface area contributed by atoms with Gasteiger partial charge in [-0.05, 0) is 43.7 Å². The van der Waals surface area contributed by atoms with Crippen LogP contribution >= 0.6 is 0 Å². The highest BCUT2D eigenvalue weighted by Crippen LogP contribution is 2.28. The molecule has 0 N–H and O–H groups in total. The van der Waals surface area contributed by atoms with Gasteiger partial charge in [0.1, 0.15) is 16.9 Å². The summed E-state index contributed by atoms with van der Waals surface area (Å²) in [5.41, 5.74) is -0.366. The van der Waals surface area contributed by atoms with E-state index in [-0.39, 0.29) is 11.3 Å². The largest absolute Gasteiger partial charge is 0.456 e. The van der Waals surface area contributed by atoms with E-state index in [4.69, 9.17) is 9.47 Å². The molecule has 0 unspecified atom stereocenters. The molecule has 0 saturated carbocycles. The molecule has 0 aliphatic carbocycles. The highest BCUT2D eigenvalue weighted by atomic mass is 16.6. The molecule has 2 aromatic rings. The molecule has 0 atom stereocenters. The van der Waals surface area contributed by atoms with E-state index in [0.29, 0.717) is 0 Å². The zero-order valence-corrected chi connectivity index (χ0v) is 12.6. The molecule has 0 aromatic heterocycles. The van der Waals surface area contributed by atoms with Crippen molar-refractivity contribution in [2.24, 2.45) is 0 Å². The second-order valence-corrected chi connectivity index (χ2v) is 5.79. The van der Waals surface area contributed by atoms with E-state index in [9.17, 15) is 9.59 Å². The summed E-state index contributed by atoms with van der Waals surface area (Å²) < 4.78 is 10.5. The van der Waals surface area contributed by atoms with Crippen LogP contribution in [0.5, 0.6) is 5.75 Å². The minimum absolute atomic E-state index is 0.218. The normalized spacial score (nSPS) is 11.2. The molecular weight excluding hydrogens is 268 g/mol. The number of ether oxygens (including phenoxy) is 2. The number of rotatable bonds is 2. The van der Waals surface area contributed by atoms with Crippen molar-refractivity contribution in [1.82, 2.24) is 0 Å². The van der Waals surface area contributed by atoms with E-state index in [2.05, 4.69) is 0 Å². The Bertz CT molecular complexity index is 695. The van der Waals surface area contributed by atoms with Crippen LogP contribution in [0, 0.1) is 0 Å².